The fourth-order valence-corrected chi connectivity index (χ4v) is 7.26. The third kappa shape index (κ3) is 6.89. The van der Waals surface area contributed by atoms with Crippen LogP contribution in [-0.4, -0.2) is 76.6 Å². The Labute approximate surface area is 298 Å². The summed E-state index contributed by atoms with van der Waals surface area (Å²) in [6.45, 7) is 13.3. The number of fused-ring (bicyclic) bond motifs is 8. The molecule has 272 valence electrons. The molecule has 0 aliphatic carbocycles. The van der Waals surface area contributed by atoms with Crippen molar-refractivity contribution in [3.05, 3.63) is 81.4 Å². The highest BCUT2D eigenvalue weighted by Crippen LogP contribution is 2.44. The van der Waals surface area contributed by atoms with Crippen LogP contribution in [0.4, 0.5) is 0 Å². The molecule has 0 saturated carbocycles. The number of nitrogens with one attached hydrogen (secondary N) is 3. The van der Waals surface area contributed by atoms with Gasteiger partial charge in [-0.2, -0.15) is 0 Å². The number of hydrogen-bond acceptors (Lipinski definition) is 8. The van der Waals surface area contributed by atoms with Crippen LogP contribution in [0.15, 0.2) is 30.9 Å². The van der Waals surface area contributed by atoms with Crippen molar-refractivity contribution in [1.82, 2.24) is 25.3 Å². The number of aromatic nitrogens is 4. The minimum Gasteiger partial charge on any atom is -0.481 e. The monoisotopic (exact) mass is 711 g/mol. The number of carboxylic acids is 4. The smallest absolute Gasteiger partial charge is 0.338 e. The molecule has 3 aromatic heterocycles. The molecular weight excluding hydrogens is 670 g/mol. The topological polar surface area (TPSA) is 236 Å². The maximum Gasteiger partial charge on any atom is 0.338 e. The maximum atomic E-state index is 13.1. The van der Waals surface area contributed by atoms with Gasteiger partial charge in [0.1, 0.15) is 12.3 Å². The Morgan fingerprint density at radius 1 is 0.942 bits per heavy atom. The summed E-state index contributed by atoms with van der Waals surface area (Å²) >= 11 is 0. The Morgan fingerprint density at radius 2 is 1.63 bits per heavy atom. The Kier molecular flexibility index (Phi) is 10.6. The first-order chi connectivity index (χ1) is 24.6. The fraction of sp³-hybridized carbons (Fsp3) is 0.342. The van der Waals surface area contributed by atoms with Crippen molar-refractivity contribution < 1.29 is 44.4 Å². The molecule has 0 amide bonds. The molecule has 14 nitrogen and oxygen atoms in total. The zero-order valence-corrected chi connectivity index (χ0v) is 29.5. The van der Waals surface area contributed by atoms with E-state index in [0.717, 1.165) is 27.8 Å². The van der Waals surface area contributed by atoms with Gasteiger partial charge in [0, 0.05) is 51.6 Å². The van der Waals surface area contributed by atoms with Crippen molar-refractivity contribution in [1.29, 1.82) is 0 Å². The molecule has 5 heterocycles. The number of aldehydes is 1. The van der Waals surface area contributed by atoms with E-state index in [2.05, 4.69) is 21.9 Å². The van der Waals surface area contributed by atoms with Gasteiger partial charge in [0.15, 0.2) is 0 Å². The van der Waals surface area contributed by atoms with Crippen LogP contribution < -0.4 is 5.32 Å². The normalized spacial score (nSPS) is 16.7. The van der Waals surface area contributed by atoms with Crippen molar-refractivity contribution in [3.63, 3.8) is 0 Å². The molecule has 0 aromatic carbocycles. The van der Waals surface area contributed by atoms with Crippen LogP contribution in [0.5, 0.6) is 0 Å². The van der Waals surface area contributed by atoms with Gasteiger partial charge in [-0.05, 0) is 74.1 Å². The second-order valence-electron chi connectivity index (χ2n) is 13.1. The number of nitrogens with zero attached hydrogens (tertiary/aromatic N) is 2. The van der Waals surface area contributed by atoms with E-state index in [1.165, 1.54) is 0 Å². The number of aromatic amines is 2. The van der Waals surface area contributed by atoms with Crippen LogP contribution in [0.25, 0.3) is 33.2 Å². The number of H-pyrrole nitrogens is 2. The first-order valence-corrected chi connectivity index (χ1v) is 16.8. The number of carbonyl (C=O) groups excluding carboxylic acids is 1. The number of aliphatic carboxylic acids is 3. The van der Waals surface area contributed by atoms with E-state index < -0.39 is 54.2 Å². The summed E-state index contributed by atoms with van der Waals surface area (Å²) in [6, 6.07) is 2.13. The molecule has 8 bridgehead atoms. The highest BCUT2D eigenvalue weighted by atomic mass is 16.4. The fourth-order valence-electron chi connectivity index (χ4n) is 7.26. The summed E-state index contributed by atoms with van der Waals surface area (Å²) in [5.41, 5.74) is 7.30. The minimum absolute atomic E-state index is 0.0309. The average Bonchev–Trinajstić information content (AvgIpc) is 3.75. The lowest BCUT2D eigenvalue weighted by Crippen LogP contribution is -2.41. The van der Waals surface area contributed by atoms with E-state index in [0.29, 0.717) is 46.4 Å². The predicted molar refractivity (Wildman–Crippen MR) is 193 cm³/mol. The van der Waals surface area contributed by atoms with Gasteiger partial charge in [0.05, 0.1) is 40.6 Å². The Bertz CT molecular complexity index is 2230. The number of aryl methyl sites for hydroxylation is 3. The summed E-state index contributed by atoms with van der Waals surface area (Å²) in [5.74, 6) is -6.57. The van der Waals surface area contributed by atoms with E-state index in [9.17, 15) is 44.4 Å². The molecule has 0 saturated heterocycles. The lowest BCUT2D eigenvalue weighted by Gasteiger charge is -2.23. The van der Waals surface area contributed by atoms with Crippen LogP contribution in [0.2, 0.25) is 0 Å². The standard InChI is InChI=1S/C38H41N5O9/c1-7-20-16(3)23-11-25-18(5)22(9-10-31(45)46)35(42-25)34(30(15-44)41-29(37(49)50)14-32(47)48)36-33(38(51)52)19(6)26(43-36)13-28-21(8-2)17(4)24(40-28)12-27(20)39-23/h7,11-13,15,18,22,29-30,40-41,43H,1,8-10,14H2,2-6H3,(H,45,46)(H,47,48)(H,49,50)(H,51,52)/t18-,22-,29-,30?/m0/s1. The molecule has 2 aliphatic heterocycles. The highest BCUT2D eigenvalue weighted by Gasteiger charge is 2.37. The van der Waals surface area contributed by atoms with Crippen molar-refractivity contribution >= 4 is 63.4 Å². The first kappa shape index (κ1) is 37.4. The van der Waals surface area contributed by atoms with E-state index in [1.54, 1.807) is 25.1 Å². The van der Waals surface area contributed by atoms with Gasteiger partial charge in [0.2, 0.25) is 0 Å². The number of allylic oxidation sites excluding steroid dienone is 3. The largest absolute Gasteiger partial charge is 0.481 e. The van der Waals surface area contributed by atoms with Gasteiger partial charge in [-0.25, -0.2) is 9.78 Å². The molecule has 3 aromatic rings. The molecule has 2 aliphatic rings. The summed E-state index contributed by atoms with van der Waals surface area (Å²) < 4.78 is 0. The highest BCUT2D eigenvalue weighted by molar-refractivity contribution is 6.03. The third-order valence-corrected chi connectivity index (χ3v) is 10.1. The van der Waals surface area contributed by atoms with Gasteiger partial charge >= 0.3 is 23.9 Å². The molecule has 5 rings (SSSR count). The van der Waals surface area contributed by atoms with Crippen LogP contribution in [0.3, 0.4) is 0 Å². The van der Waals surface area contributed by atoms with Crippen molar-refractivity contribution in [2.45, 2.75) is 84.2 Å². The number of aromatic carboxylic acids is 1. The van der Waals surface area contributed by atoms with Gasteiger partial charge in [0.25, 0.3) is 0 Å². The van der Waals surface area contributed by atoms with Gasteiger partial charge < -0.3 is 35.2 Å². The molecule has 52 heavy (non-hydrogen) atoms. The van der Waals surface area contributed by atoms with Crippen LogP contribution >= 0.6 is 0 Å². The molecular formula is C38H41N5O9. The number of carbonyl (C=O) groups is 5. The minimum atomic E-state index is -1.75. The SMILES string of the molecule is C=CC1=C(C)c2cc3nc(c(C(C=O)N[C@@H](CC(=O)O)C(=O)O)c4[nH]c(cc5[nH]c(cc1n2)c(C)c5CC)c(C)c4C(=O)O)[C@@H](CCC(=O)O)[C@@H]3C. The van der Waals surface area contributed by atoms with Crippen molar-refractivity contribution in [3.8, 4) is 0 Å². The summed E-state index contributed by atoms with van der Waals surface area (Å²) in [4.78, 5) is 78.4. The second kappa shape index (κ2) is 14.8. The van der Waals surface area contributed by atoms with Gasteiger partial charge in [-0.15, -0.1) is 0 Å². The molecule has 4 atom stereocenters. The quantitative estimate of drug-likeness (QED) is 0.104. The van der Waals surface area contributed by atoms with Crippen LogP contribution in [0, 0.1) is 13.8 Å². The maximum absolute atomic E-state index is 13.1. The van der Waals surface area contributed by atoms with Crippen molar-refractivity contribution in [2.75, 3.05) is 0 Å². The van der Waals surface area contributed by atoms with Crippen LogP contribution in [-0.2, 0) is 25.6 Å². The number of carboxylic acid groups (broad SMARTS) is 4. The summed E-state index contributed by atoms with van der Waals surface area (Å²) in [6.07, 6.45) is 1.58. The zero-order chi connectivity index (χ0) is 38.2. The van der Waals surface area contributed by atoms with Gasteiger partial charge in [-0.1, -0.05) is 26.5 Å². The van der Waals surface area contributed by atoms with E-state index >= 15 is 0 Å². The Hall–Kier alpha value is -5.89. The molecule has 0 radical (unpaired) electrons. The number of rotatable bonds is 13. The number of hydrogen-bond donors (Lipinski definition) is 7. The van der Waals surface area contributed by atoms with Crippen LogP contribution in [0.1, 0.15) is 113 Å². The average molecular weight is 712 g/mol. The third-order valence-electron chi connectivity index (χ3n) is 10.1. The molecule has 14 heteroatoms. The predicted octanol–water partition coefficient (Wildman–Crippen LogP) is 5.82. The molecule has 0 spiro atoms. The van der Waals surface area contributed by atoms with Crippen molar-refractivity contribution in [2.24, 2.45) is 0 Å². The lowest BCUT2D eigenvalue weighted by molar-refractivity contribution is -0.146. The molecule has 7 N–H and O–H groups in total. The Balaban J connectivity index is 2.05. The second-order valence-corrected chi connectivity index (χ2v) is 13.1. The van der Waals surface area contributed by atoms with E-state index in [-0.39, 0.29) is 35.2 Å². The first-order valence-electron chi connectivity index (χ1n) is 16.8. The molecule has 1 unspecified atom stereocenters. The summed E-state index contributed by atoms with van der Waals surface area (Å²) in [5, 5.41) is 42.4. The summed E-state index contributed by atoms with van der Waals surface area (Å²) in [7, 11) is 0. The van der Waals surface area contributed by atoms with E-state index in [1.807, 2.05) is 33.8 Å². The van der Waals surface area contributed by atoms with Gasteiger partial charge in [-0.3, -0.25) is 24.7 Å². The Morgan fingerprint density at radius 3 is 2.21 bits per heavy atom. The van der Waals surface area contributed by atoms with E-state index in [4.69, 9.17) is 9.97 Å². The zero-order valence-electron chi connectivity index (χ0n) is 29.5. The lowest BCUT2D eigenvalue weighted by atomic mass is 9.84. The molecule has 0 fully saturated rings.